The summed E-state index contributed by atoms with van der Waals surface area (Å²) in [6, 6.07) is 75.9. The van der Waals surface area contributed by atoms with Crippen molar-refractivity contribution >= 4 is 55.0 Å². The third kappa shape index (κ3) is 8.50. The van der Waals surface area contributed by atoms with Crippen LogP contribution in [-0.4, -0.2) is 9.13 Å². The number of para-hydroxylation sites is 2. The van der Waals surface area contributed by atoms with E-state index < -0.39 is 11.7 Å². The third-order valence-corrected chi connectivity index (χ3v) is 15.7. The van der Waals surface area contributed by atoms with Crippen molar-refractivity contribution in [2.75, 3.05) is 0 Å². The predicted molar refractivity (Wildman–Crippen MR) is 324 cm³/mol. The van der Waals surface area contributed by atoms with Crippen LogP contribution in [0.25, 0.3) is 131 Å². The molecule has 13 rings (SSSR count). The smallest absolute Gasteiger partial charge is 0.309 e. The average Bonchev–Trinajstić information content (AvgIpc) is 4.00. The molecular formula is C73H40F3N7. The molecule has 0 N–H and O–H groups in total. The zero-order chi connectivity index (χ0) is 57.1. The number of aryl methyl sites for hydroxylation is 1. The highest BCUT2D eigenvalue weighted by Gasteiger charge is 2.35. The molecule has 2 aromatic heterocycles. The standard InChI is InChI=1S/C73H40F3N7/c1-44-13-12-20-63(73(74,75)76)72(44)50-24-30-58(71(40-50)83-68-32-26-47(54-17-7-5-15-52(54)43-79)37-60(68)62-39-49(28-34-69(62)83)56-19-9-11-22-65(56)81-3)57-29-23-45(41-77)35-70(57)82-66-31-25-46(53-16-6-4-14-51(53)42-78)36-59(66)61-38-48(27-33-67(61)82)55-18-8-10-21-64(55)80-2/h4-40H,1H3. The van der Waals surface area contributed by atoms with E-state index in [1.165, 1.54) is 6.07 Å². The van der Waals surface area contributed by atoms with E-state index in [9.17, 15) is 15.8 Å². The second-order valence-electron chi connectivity index (χ2n) is 20.2. The molecule has 0 amide bonds. The summed E-state index contributed by atoms with van der Waals surface area (Å²) in [4.78, 5) is 7.70. The Kier molecular flexibility index (Phi) is 12.3. The molecule has 0 spiro atoms. The number of hydrogen-bond acceptors (Lipinski definition) is 3. The Balaban J connectivity index is 1.14. The summed E-state index contributed by atoms with van der Waals surface area (Å²) in [7, 11) is 0. The van der Waals surface area contributed by atoms with Crippen LogP contribution in [0.4, 0.5) is 24.5 Å². The minimum Gasteiger partial charge on any atom is -0.309 e. The van der Waals surface area contributed by atoms with E-state index in [1.807, 2.05) is 158 Å². The largest absolute Gasteiger partial charge is 0.417 e. The molecule has 13 aromatic rings. The monoisotopic (exact) mass is 1070 g/mol. The van der Waals surface area contributed by atoms with E-state index >= 15 is 13.2 Å². The van der Waals surface area contributed by atoms with E-state index in [0.29, 0.717) is 61.7 Å². The van der Waals surface area contributed by atoms with Crippen LogP contribution in [0.2, 0.25) is 0 Å². The van der Waals surface area contributed by atoms with Gasteiger partial charge in [0.1, 0.15) is 0 Å². The predicted octanol–water partition coefficient (Wildman–Crippen LogP) is 19.9. The molecule has 0 saturated carbocycles. The molecule has 10 heteroatoms. The minimum atomic E-state index is -4.69. The zero-order valence-electron chi connectivity index (χ0n) is 44.1. The van der Waals surface area contributed by atoms with Gasteiger partial charge in [0, 0.05) is 32.7 Å². The van der Waals surface area contributed by atoms with Crippen molar-refractivity contribution in [3.05, 3.63) is 275 Å². The summed E-state index contributed by atoms with van der Waals surface area (Å²) in [5, 5.41) is 34.5. The fourth-order valence-corrected chi connectivity index (χ4v) is 11.9. The second kappa shape index (κ2) is 20.2. The highest BCUT2D eigenvalue weighted by atomic mass is 19.4. The van der Waals surface area contributed by atoms with Crippen LogP contribution in [0.3, 0.4) is 0 Å². The summed E-state index contributed by atoms with van der Waals surface area (Å²) in [6.45, 7) is 17.8. The van der Waals surface area contributed by atoms with Gasteiger partial charge in [-0.05, 0) is 153 Å². The van der Waals surface area contributed by atoms with Gasteiger partial charge in [-0.15, -0.1) is 0 Å². The molecule has 388 valence electrons. The van der Waals surface area contributed by atoms with Gasteiger partial charge in [-0.2, -0.15) is 29.0 Å². The number of halogens is 3. The molecular weight excluding hydrogens is 1030 g/mol. The number of fused-ring (bicyclic) bond motifs is 6. The number of nitrogens with zero attached hydrogens (tertiary/aromatic N) is 7. The maximum atomic E-state index is 15.3. The molecule has 11 aromatic carbocycles. The number of rotatable bonds is 8. The number of benzene rings is 11. The molecule has 0 bridgehead atoms. The van der Waals surface area contributed by atoms with Gasteiger partial charge in [-0.1, -0.05) is 140 Å². The molecule has 2 heterocycles. The quantitative estimate of drug-likeness (QED) is 0.142. The first-order valence-electron chi connectivity index (χ1n) is 26.5. The molecule has 0 unspecified atom stereocenters. The van der Waals surface area contributed by atoms with Crippen LogP contribution in [0.15, 0.2) is 224 Å². The van der Waals surface area contributed by atoms with Gasteiger partial charge in [0.2, 0.25) is 0 Å². The minimum absolute atomic E-state index is 0.0359. The second-order valence-corrected chi connectivity index (χ2v) is 20.2. The van der Waals surface area contributed by atoms with Crippen molar-refractivity contribution < 1.29 is 13.2 Å². The first-order chi connectivity index (χ1) is 40.5. The van der Waals surface area contributed by atoms with Crippen LogP contribution in [0.5, 0.6) is 0 Å². The van der Waals surface area contributed by atoms with Crippen LogP contribution in [0.1, 0.15) is 27.8 Å². The highest BCUT2D eigenvalue weighted by molar-refractivity contribution is 6.14. The Labute approximate surface area is 475 Å². The number of nitriles is 3. The third-order valence-electron chi connectivity index (χ3n) is 15.7. The van der Waals surface area contributed by atoms with Gasteiger partial charge >= 0.3 is 6.18 Å². The molecule has 0 saturated heterocycles. The van der Waals surface area contributed by atoms with Crippen LogP contribution in [0, 0.1) is 54.1 Å². The average molecular weight is 1070 g/mol. The van der Waals surface area contributed by atoms with Gasteiger partial charge in [0.05, 0.1) is 87.0 Å². The Bertz CT molecular complexity index is 4890. The summed E-state index contributed by atoms with van der Waals surface area (Å²) in [5.74, 6) is 0. The Morgan fingerprint density at radius 2 is 0.783 bits per heavy atom. The lowest BCUT2D eigenvalue weighted by Gasteiger charge is -2.21. The number of hydrogen-bond donors (Lipinski definition) is 0. The van der Waals surface area contributed by atoms with E-state index in [4.69, 9.17) is 13.1 Å². The van der Waals surface area contributed by atoms with Gasteiger partial charge in [0.15, 0.2) is 11.4 Å². The van der Waals surface area contributed by atoms with E-state index in [0.717, 1.165) is 94.2 Å². The molecule has 0 radical (unpaired) electrons. The fraction of sp³-hybridized carbons (Fsp3) is 0.0274. The van der Waals surface area contributed by atoms with Crippen molar-refractivity contribution in [2.24, 2.45) is 0 Å². The van der Waals surface area contributed by atoms with Crippen LogP contribution < -0.4 is 0 Å². The number of aromatic nitrogens is 2. The Hall–Kier alpha value is -11.7. The lowest BCUT2D eigenvalue weighted by atomic mass is 9.91. The van der Waals surface area contributed by atoms with Crippen molar-refractivity contribution in [3.63, 3.8) is 0 Å². The van der Waals surface area contributed by atoms with Crippen molar-refractivity contribution in [1.82, 2.24) is 9.13 Å². The van der Waals surface area contributed by atoms with Gasteiger partial charge in [0.25, 0.3) is 0 Å². The maximum absolute atomic E-state index is 15.3. The van der Waals surface area contributed by atoms with Crippen molar-refractivity contribution in [1.29, 1.82) is 15.8 Å². The topological polar surface area (TPSA) is 90.0 Å². The highest BCUT2D eigenvalue weighted by Crippen LogP contribution is 2.48. The maximum Gasteiger partial charge on any atom is 0.417 e. The first kappa shape index (κ1) is 50.7. The van der Waals surface area contributed by atoms with Crippen LogP contribution >= 0.6 is 0 Å². The van der Waals surface area contributed by atoms with Crippen molar-refractivity contribution in [3.8, 4) is 96.3 Å². The molecule has 0 aliphatic carbocycles. The molecule has 0 fully saturated rings. The molecule has 83 heavy (non-hydrogen) atoms. The summed E-state index contributed by atoms with van der Waals surface area (Å²) < 4.78 is 50.0. The number of alkyl halides is 3. The zero-order valence-corrected chi connectivity index (χ0v) is 44.1. The van der Waals surface area contributed by atoms with Gasteiger partial charge in [-0.3, -0.25) is 0 Å². The van der Waals surface area contributed by atoms with Crippen molar-refractivity contribution in [2.45, 2.75) is 13.1 Å². The van der Waals surface area contributed by atoms with Gasteiger partial charge in [-0.25, -0.2) is 9.69 Å². The molecule has 0 atom stereocenters. The molecule has 7 nitrogen and oxygen atoms in total. The van der Waals surface area contributed by atoms with Gasteiger partial charge < -0.3 is 9.13 Å². The van der Waals surface area contributed by atoms with E-state index in [2.05, 4.69) is 49.2 Å². The molecule has 0 aliphatic heterocycles. The normalized spacial score (nSPS) is 11.3. The first-order valence-corrected chi connectivity index (χ1v) is 26.5. The van der Waals surface area contributed by atoms with E-state index in [1.54, 1.807) is 49.4 Å². The lowest BCUT2D eigenvalue weighted by Crippen LogP contribution is -2.08. The van der Waals surface area contributed by atoms with E-state index in [-0.39, 0.29) is 5.56 Å². The summed E-state index contributed by atoms with van der Waals surface area (Å²) in [6.07, 6.45) is -4.69. The van der Waals surface area contributed by atoms with Crippen LogP contribution in [-0.2, 0) is 6.18 Å². The fourth-order valence-electron chi connectivity index (χ4n) is 11.9. The Morgan fingerprint density at radius 1 is 0.386 bits per heavy atom. The molecule has 0 aliphatic rings. The summed E-state index contributed by atoms with van der Waals surface area (Å²) >= 11 is 0. The summed E-state index contributed by atoms with van der Waals surface area (Å²) in [5.41, 5.74) is 13.9. The lowest BCUT2D eigenvalue weighted by molar-refractivity contribution is -0.137. The SMILES string of the molecule is [C-]#[N+]c1ccccc1-c1ccc2c(c1)c1cc(-c3ccccc3C#N)ccc1n2-c1cc(C#N)ccc1-c1ccc(-c2c(C)cccc2C(F)(F)F)cc1-n1c2ccc(-c3ccccc3C#N)cc2c2cc(-c3ccccc3[N+]#[C-])ccc21. The Morgan fingerprint density at radius 3 is 1.22 bits per heavy atom.